The number of fused-ring (bicyclic) bond motifs is 1. The maximum atomic E-state index is 12.6. The van der Waals surface area contributed by atoms with Gasteiger partial charge in [-0.1, -0.05) is 16.0 Å². The SMILES string of the molecule is CN(Cc1cccc2c1OCO2)S(=O)(=O)F. The molecular formula is C9H10FNO4S. The Morgan fingerprint density at radius 1 is 1.44 bits per heavy atom. The molecule has 1 heterocycles. The summed E-state index contributed by atoms with van der Waals surface area (Å²) < 4.78 is 44.8. The largest absolute Gasteiger partial charge is 0.454 e. The Morgan fingerprint density at radius 3 is 2.88 bits per heavy atom. The van der Waals surface area contributed by atoms with E-state index in [9.17, 15) is 12.3 Å². The van der Waals surface area contributed by atoms with Gasteiger partial charge in [-0.3, -0.25) is 0 Å². The molecule has 0 fully saturated rings. The van der Waals surface area contributed by atoms with Gasteiger partial charge >= 0.3 is 10.4 Å². The number of nitrogens with zero attached hydrogens (tertiary/aromatic N) is 1. The minimum Gasteiger partial charge on any atom is -0.454 e. The summed E-state index contributed by atoms with van der Waals surface area (Å²) in [5.74, 6) is 1.01. The third kappa shape index (κ3) is 2.10. The first-order valence-corrected chi connectivity index (χ1v) is 5.86. The lowest BCUT2D eigenvalue weighted by Crippen LogP contribution is -2.22. The topological polar surface area (TPSA) is 55.8 Å². The summed E-state index contributed by atoms with van der Waals surface area (Å²) in [5.41, 5.74) is 0.568. The summed E-state index contributed by atoms with van der Waals surface area (Å²) in [4.78, 5) is 0. The molecule has 0 radical (unpaired) electrons. The molecule has 0 aliphatic carbocycles. The minimum absolute atomic E-state index is 0.0919. The summed E-state index contributed by atoms with van der Waals surface area (Å²) in [5, 5.41) is 0. The molecule has 1 aromatic carbocycles. The molecule has 1 aliphatic rings. The van der Waals surface area contributed by atoms with Crippen molar-refractivity contribution < 1.29 is 21.8 Å². The number of ether oxygens (including phenoxy) is 2. The lowest BCUT2D eigenvalue weighted by atomic mass is 10.2. The monoisotopic (exact) mass is 247 g/mol. The summed E-state index contributed by atoms with van der Waals surface area (Å²) >= 11 is 0. The van der Waals surface area contributed by atoms with Gasteiger partial charge in [0.1, 0.15) is 0 Å². The van der Waals surface area contributed by atoms with E-state index in [1.807, 2.05) is 0 Å². The first-order valence-electron chi connectivity index (χ1n) is 4.52. The van der Waals surface area contributed by atoms with Crippen molar-refractivity contribution in [1.29, 1.82) is 0 Å². The quantitative estimate of drug-likeness (QED) is 0.749. The third-order valence-corrected chi connectivity index (χ3v) is 3.12. The number of rotatable bonds is 3. The Balaban J connectivity index is 2.26. The molecule has 2 rings (SSSR count). The predicted octanol–water partition coefficient (Wildman–Crippen LogP) is 1.06. The Bertz CT molecular complexity index is 502. The molecule has 16 heavy (non-hydrogen) atoms. The summed E-state index contributed by atoms with van der Waals surface area (Å²) in [6, 6.07) is 5.06. The van der Waals surface area contributed by atoms with Gasteiger partial charge in [-0.15, -0.1) is 0 Å². The van der Waals surface area contributed by atoms with Crippen LogP contribution in [-0.2, 0) is 17.0 Å². The Morgan fingerprint density at radius 2 is 2.19 bits per heavy atom. The van der Waals surface area contributed by atoms with Gasteiger partial charge in [-0.2, -0.15) is 12.7 Å². The molecule has 88 valence electrons. The fraction of sp³-hybridized carbons (Fsp3) is 0.333. The second-order valence-electron chi connectivity index (χ2n) is 3.35. The van der Waals surface area contributed by atoms with Crippen LogP contribution in [0, 0.1) is 0 Å². The van der Waals surface area contributed by atoms with E-state index in [1.165, 1.54) is 0 Å². The van der Waals surface area contributed by atoms with Crippen molar-refractivity contribution in [2.45, 2.75) is 6.54 Å². The molecule has 0 amide bonds. The van der Waals surface area contributed by atoms with Gasteiger partial charge in [0.15, 0.2) is 11.5 Å². The molecular weight excluding hydrogens is 237 g/mol. The van der Waals surface area contributed by atoms with E-state index in [0.717, 1.165) is 7.05 Å². The first-order chi connectivity index (χ1) is 7.48. The molecule has 0 saturated carbocycles. The molecule has 1 aliphatic heterocycles. The lowest BCUT2D eigenvalue weighted by molar-refractivity contribution is 0.173. The van der Waals surface area contributed by atoms with Crippen molar-refractivity contribution in [3.05, 3.63) is 23.8 Å². The minimum atomic E-state index is -4.68. The van der Waals surface area contributed by atoms with Crippen molar-refractivity contribution in [2.24, 2.45) is 0 Å². The molecule has 7 heteroatoms. The molecule has 0 aromatic heterocycles. The zero-order chi connectivity index (χ0) is 11.8. The molecule has 0 bridgehead atoms. The predicted molar refractivity (Wildman–Crippen MR) is 54.1 cm³/mol. The van der Waals surface area contributed by atoms with Gasteiger partial charge in [0.05, 0.1) is 0 Å². The molecule has 0 atom stereocenters. The Hall–Kier alpha value is -1.34. The zero-order valence-electron chi connectivity index (χ0n) is 8.51. The molecule has 5 nitrogen and oxygen atoms in total. The van der Waals surface area contributed by atoms with E-state index in [0.29, 0.717) is 21.4 Å². The second kappa shape index (κ2) is 3.91. The highest BCUT2D eigenvalue weighted by atomic mass is 32.3. The fourth-order valence-electron chi connectivity index (χ4n) is 1.43. The fourth-order valence-corrected chi connectivity index (χ4v) is 1.73. The third-order valence-electron chi connectivity index (χ3n) is 2.24. The van der Waals surface area contributed by atoms with Gasteiger partial charge in [-0.05, 0) is 6.07 Å². The van der Waals surface area contributed by atoms with Crippen LogP contribution in [0.25, 0.3) is 0 Å². The van der Waals surface area contributed by atoms with Crippen LogP contribution >= 0.6 is 0 Å². The maximum absolute atomic E-state index is 12.6. The molecule has 0 unspecified atom stereocenters. The molecule has 0 N–H and O–H groups in total. The maximum Gasteiger partial charge on any atom is 0.374 e. The first kappa shape index (κ1) is 11.2. The van der Waals surface area contributed by atoms with Crippen LogP contribution in [0.3, 0.4) is 0 Å². The van der Waals surface area contributed by atoms with Gasteiger partial charge < -0.3 is 9.47 Å². The molecule has 1 aromatic rings. The van der Waals surface area contributed by atoms with Gasteiger partial charge in [0.25, 0.3) is 0 Å². The number of benzene rings is 1. The van der Waals surface area contributed by atoms with Crippen LogP contribution in [0.5, 0.6) is 11.5 Å². The number of para-hydroxylation sites is 1. The van der Waals surface area contributed by atoms with Gasteiger partial charge in [-0.25, -0.2) is 0 Å². The van der Waals surface area contributed by atoms with Gasteiger partial charge in [0.2, 0.25) is 6.79 Å². The van der Waals surface area contributed by atoms with E-state index >= 15 is 0 Å². The number of halogens is 1. The van der Waals surface area contributed by atoms with Crippen LogP contribution in [0.15, 0.2) is 18.2 Å². The van der Waals surface area contributed by atoms with Gasteiger partial charge in [0, 0.05) is 19.2 Å². The van der Waals surface area contributed by atoms with E-state index in [4.69, 9.17) is 9.47 Å². The van der Waals surface area contributed by atoms with E-state index in [2.05, 4.69) is 0 Å². The number of hydrogen-bond acceptors (Lipinski definition) is 4. The highest BCUT2D eigenvalue weighted by molar-refractivity contribution is 7.83. The van der Waals surface area contributed by atoms with E-state index < -0.39 is 10.4 Å². The number of hydrogen-bond donors (Lipinski definition) is 0. The van der Waals surface area contributed by atoms with Crippen LogP contribution in [0.1, 0.15) is 5.56 Å². The summed E-state index contributed by atoms with van der Waals surface area (Å²) in [6.07, 6.45) is 0. The summed E-state index contributed by atoms with van der Waals surface area (Å²) in [7, 11) is -3.52. The molecule has 0 saturated heterocycles. The van der Waals surface area contributed by atoms with Crippen molar-refractivity contribution >= 4 is 10.4 Å². The van der Waals surface area contributed by atoms with E-state index in [-0.39, 0.29) is 13.3 Å². The summed E-state index contributed by atoms with van der Waals surface area (Å²) in [6.45, 7) is 0.00377. The van der Waals surface area contributed by atoms with Crippen LogP contribution in [0.4, 0.5) is 3.89 Å². The average Bonchev–Trinajstić information content (AvgIpc) is 2.65. The zero-order valence-corrected chi connectivity index (χ0v) is 9.33. The smallest absolute Gasteiger partial charge is 0.374 e. The van der Waals surface area contributed by atoms with Crippen LogP contribution in [0.2, 0.25) is 0 Å². The van der Waals surface area contributed by atoms with Crippen LogP contribution < -0.4 is 9.47 Å². The van der Waals surface area contributed by atoms with Crippen molar-refractivity contribution in [1.82, 2.24) is 4.31 Å². The van der Waals surface area contributed by atoms with E-state index in [1.54, 1.807) is 18.2 Å². The van der Waals surface area contributed by atoms with Crippen molar-refractivity contribution in [3.63, 3.8) is 0 Å². The normalized spacial score (nSPS) is 14.4. The standard InChI is InChI=1S/C9H10FNO4S/c1-11(16(10,12)13)5-7-3-2-4-8-9(7)15-6-14-8/h2-4H,5-6H2,1H3. The highest BCUT2D eigenvalue weighted by Crippen LogP contribution is 2.35. The average molecular weight is 247 g/mol. The van der Waals surface area contributed by atoms with Crippen LogP contribution in [-0.4, -0.2) is 26.6 Å². The Labute approximate surface area is 92.7 Å². The lowest BCUT2D eigenvalue weighted by Gasteiger charge is -2.12. The molecule has 0 spiro atoms. The highest BCUT2D eigenvalue weighted by Gasteiger charge is 2.22. The second-order valence-corrected chi connectivity index (χ2v) is 4.80. The van der Waals surface area contributed by atoms with Crippen molar-refractivity contribution in [2.75, 3.05) is 13.8 Å². The Kier molecular flexibility index (Phi) is 2.73. The van der Waals surface area contributed by atoms with Crippen molar-refractivity contribution in [3.8, 4) is 11.5 Å².